The molecule has 109 valence electrons. The fourth-order valence-electron chi connectivity index (χ4n) is 2.25. The lowest BCUT2D eigenvalue weighted by atomic mass is 10.0. The maximum Gasteiger partial charge on any atom is 0.233 e. The van der Waals surface area contributed by atoms with Crippen molar-refractivity contribution in [3.05, 3.63) is 36.8 Å². The lowest BCUT2D eigenvalue weighted by Crippen LogP contribution is -2.35. The molecule has 0 atom stereocenters. The lowest BCUT2D eigenvalue weighted by Gasteiger charge is -2.21. The second kappa shape index (κ2) is 8.51. The van der Waals surface area contributed by atoms with Crippen LogP contribution in [0.25, 0.3) is 0 Å². The van der Waals surface area contributed by atoms with Gasteiger partial charge in [-0.3, -0.25) is 14.5 Å². The Kier molecular flexibility index (Phi) is 6.99. The number of nitrogens with zero attached hydrogens (tertiary/aromatic N) is 1. The van der Waals surface area contributed by atoms with E-state index in [1.807, 2.05) is 24.3 Å². The number of amides is 2. The molecule has 3 heteroatoms. The molecule has 0 N–H and O–H groups in total. The van der Waals surface area contributed by atoms with Crippen LogP contribution in [0.3, 0.4) is 0 Å². The Morgan fingerprint density at radius 1 is 1.15 bits per heavy atom. The SMILES string of the molecule is [CH2]CCCCCc1ccccc1N(C(C)=O)C(=O)CC. The number of aryl methyl sites for hydroxylation is 1. The highest BCUT2D eigenvalue weighted by atomic mass is 16.2. The van der Waals surface area contributed by atoms with Crippen LogP contribution >= 0.6 is 0 Å². The summed E-state index contributed by atoms with van der Waals surface area (Å²) in [6.45, 7) is 7.05. The van der Waals surface area contributed by atoms with Gasteiger partial charge in [-0.05, 0) is 24.5 Å². The Balaban J connectivity index is 2.92. The maximum absolute atomic E-state index is 12.0. The summed E-state index contributed by atoms with van der Waals surface area (Å²) in [5.74, 6) is -0.371. The van der Waals surface area contributed by atoms with Gasteiger partial charge in [0.1, 0.15) is 0 Å². The molecule has 1 aromatic rings. The molecule has 1 radical (unpaired) electrons. The van der Waals surface area contributed by atoms with Gasteiger partial charge < -0.3 is 0 Å². The van der Waals surface area contributed by atoms with E-state index in [-0.39, 0.29) is 11.8 Å². The first-order valence-corrected chi connectivity index (χ1v) is 7.32. The van der Waals surface area contributed by atoms with E-state index in [0.717, 1.165) is 43.4 Å². The van der Waals surface area contributed by atoms with Crippen LogP contribution in [-0.4, -0.2) is 11.8 Å². The quantitative estimate of drug-likeness (QED) is 0.707. The van der Waals surface area contributed by atoms with Gasteiger partial charge in [0.25, 0.3) is 0 Å². The van der Waals surface area contributed by atoms with Crippen molar-refractivity contribution in [2.45, 2.75) is 52.4 Å². The van der Waals surface area contributed by atoms with E-state index in [4.69, 9.17) is 0 Å². The number of rotatable bonds is 7. The van der Waals surface area contributed by atoms with Gasteiger partial charge in [0.15, 0.2) is 0 Å². The van der Waals surface area contributed by atoms with E-state index in [9.17, 15) is 9.59 Å². The van der Waals surface area contributed by atoms with Crippen molar-refractivity contribution in [2.75, 3.05) is 4.90 Å². The first-order valence-electron chi connectivity index (χ1n) is 7.32. The molecule has 0 bridgehead atoms. The summed E-state index contributed by atoms with van der Waals surface area (Å²) in [4.78, 5) is 25.1. The summed E-state index contributed by atoms with van der Waals surface area (Å²) in [5.41, 5.74) is 1.80. The second-order valence-electron chi connectivity index (χ2n) is 4.89. The summed E-state index contributed by atoms with van der Waals surface area (Å²) in [7, 11) is 0. The van der Waals surface area contributed by atoms with Crippen molar-refractivity contribution in [1.29, 1.82) is 0 Å². The summed E-state index contributed by atoms with van der Waals surface area (Å²) in [6, 6.07) is 7.67. The number of anilines is 1. The van der Waals surface area contributed by atoms with Gasteiger partial charge in [-0.25, -0.2) is 0 Å². The molecule has 20 heavy (non-hydrogen) atoms. The van der Waals surface area contributed by atoms with E-state index >= 15 is 0 Å². The van der Waals surface area contributed by atoms with Crippen molar-refractivity contribution in [2.24, 2.45) is 0 Å². The molecule has 1 aromatic carbocycles. The minimum absolute atomic E-state index is 0.150. The predicted octanol–water partition coefficient (Wildman–Crippen LogP) is 3.91. The maximum atomic E-state index is 12.0. The van der Waals surface area contributed by atoms with Crippen molar-refractivity contribution in [3.8, 4) is 0 Å². The van der Waals surface area contributed by atoms with Gasteiger partial charge in [0.05, 0.1) is 5.69 Å². The molecule has 0 saturated carbocycles. The van der Waals surface area contributed by atoms with E-state index < -0.39 is 0 Å². The van der Waals surface area contributed by atoms with Gasteiger partial charge in [0, 0.05) is 13.3 Å². The van der Waals surface area contributed by atoms with Gasteiger partial charge in [-0.2, -0.15) is 0 Å². The third kappa shape index (κ3) is 4.48. The van der Waals surface area contributed by atoms with Gasteiger partial charge in [-0.1, -0.05) is 51.3 Å². The molecule has 0 saturated heterocycles. The number of imide groups is 1. The predicted molar refractivity (Wildman–Crippen MR) is 82.4 cm³/mol. The Bertz CT molecular complexity index is 454. The first-order chi connectivity index (χ1) is 9.61. The van der Waals surface area contributed by atoms with Crippen molar-refractivity contribution >= 4 is 17.5 Å². The zero-order valence-corrected chi connectivity index (χ0v) is 12.5. The van der Waals surface area contributed by atoms with Crippen LogP contribution < -0.4 is 4.90 Å². The van der Waals surface area contributed by atoms with Crippen LogP contribution in [0.1, 0.15) is 51.5 Å². The first kappa shape index (κ1) is 16.4. The minimum Gasteiger partial charge on any atom is -0.274 e. The van der Waals surface area contributed by atoms with Gasteiger partial charge in [0.2, 0.25) is 11.8 Å². The molecular formula is C17H24NO2. The lowest BCUT2D eigenvalue weighted by molar-refractivity contribution is -0.125. The monoisotopic (exact) mass is 274 g/mol. The summed E-state index contributed by atoms with van der Waals surface area (Å²) in [5, 5.41) is 0. The fourth-order valence-corrected chi connectivity index (χ4v) is 2.25. The van der Waals surface area contributed by atoms with Crippen molar-refractivity contribution < 1.29 is 9.59 Å². The zero-order chi connectivity index (χ0) is 15.0. The third-order valence-electron chi connectivity index (χ3n) is 3.30. The van der Waals surface area contributed by atoms with E-state index in [2.05, 4.69) is 6.92 Å². The average molecular weight is 274 g/mol. The molecule has 0 fully saturated rings. The molecule has 3 nitrogen and oxygen atoms in total. The van der Waals surface area contributed by atoms with Crippen molar-refractivity contribution in [1.82, 2.24) is 0 Å². The smallest absolute Gasteiger partial charge is 0.233 e. The number of hydrogen-bond donors (Lipinski definition) is 0. The molecule has 0 unspecified atom stereocenters. The highest BCUT2D eigenvalue weighted by Crippen LogP contribution is 2.23. The van der Waals surface area contributed by atoms with Crippen LogP contribution in [0.4, 0.5) is 5.69 Å². The van der Waals surface area contributed by atoms with E-state index in [1.54, 1.807) is 6.92 Å². The van der Waals surface area contributed by atoms with Gasteiger partial charge >= 0.3 is 0 Å². The normalized spacial score (nSPS) is 10.3. The van der Waals surface area contributed by atoms with Crippen LogP contribution in [-0.2, 0) is 16.0 Å². The van der Waals surface area contributed by atoms with Gasteiger partial charge in [-0.15, -0.1) is 0 Å². The number of unbranched alkanes of at least 4 members (excludes halogenated alkanes) is 3. The highest BCUT2D eigenvalue weighted by molar-refractivity contribution is 6.14. The molecule has 0 aliphatic carbocycles. The Labute approximate surface area is 122 Å². The highest BCUT2D eigenvalue weighted by Gasteiger charge is 2.20. The standard InChI is InChI=1S/C17H24NO2/c1-4-6-7-8-11-15-12-9-10-13-16(15)18(14(3)19)17(20)5-2/h9-10,12-13H,1,4-8,11H2,2-3H3. The Hall–Kier alpha value is -1.64. The molecule has 0 aromatic heterocycles. The third-order valence-corrected chi connectivity index (χ3v) is 3.30. The van der Waals surface area contributed by atoms with Crippen LogP contribution in [0.2, 0.25) is 0 Å². The minimum atomic E-state index is -0.220. The molecule has 0 heterocycles. The topological polar surface area (TPSA) is 37.4 Å². The number of para-hydroxylation sites is 1. The number of carbonyl (C=O) groups excluding carboxylic acids is 2. The number of benzene rings is 1. The summed E-state index contributed by atoms with van der Waals surface area (Å²) < 4.78 is 0. The van der Waals surface area contributed by atoms with E-state index in [0.29, 0.717) is 6.42 Å². The zero-order valence-electron chi connectivity index (χ0n) is 12.5. The fraction of sp³-hybridized carbons (Fsp3) is 0.471. The largest absolute Gasteiger partial charge is 0.274 e. The number of carbonyl (C=O) groups is 2. The second-order valence-corrected chi connectivity index (χ2v) is 4.89. The summed E-state index contributed by atoms with van der Waals surface area (Å²) in [6.07, 6.45) is 5.46. The van der Waals surface area contributed by atoms with Crippen LogP contribution in [0.5, 0.6) is 0 Å². The van der Waals surface area contributed by atoms with Crippen LogP contribution in [0.15, 0.2) is 24.3 Å². The van der Waals surface area contributed by atoms with Crippen molar-refractivity contribution in [3.63, 3.8) is 0 Å². The van der Waals surface area contributed by atoms with Crippen LogP contribution in [0, 0.1) is 6.92 Å². The molecule has 2 amide bonds. The molecule has 0 spiro atoms. The average Bonchev–Trinajstić information content (AvgIpc) is 2.44. The van der Waals surface area contributed by atoms with E-state index in [1.165, 1.54) is 11.8 Å². The molecule has 0 aliphatic rings. The molecule has 0 aliphatic heterocycles. The Morgan fingerprint density at radius 3 is 2.45 bits per heavy atom. The number of hydrogen-bond acceptors (Lipinski definition) is 2. The molecular weight excluding hydrogens is 250 g/mol. The summed E-state index contributed by atoms with van der Waals surface area (Å²) >= 11 is 0. The molecule has 1 rings (SSSR count). The Morgan fingerprint density at radius 2 is 1.85 bits per heavy atom.